The molecule has 0 N–H and O–H groups in total. The fraction of sp³-hybridized carbons (Fsp3) is 0.533. The van der Waals surface area contributed by atoms with Gasteiger partial charge >= 0.3 is 0 Å². The second kappa shape index (κ2) is 11.9. The summed E-state index contributed by atoms with van der Waals surface area (Å²) in [5.74, 6) is 1.10. The number of fused-ring (bicyclic) bond motifs is 1. The summed E-state index contributed by atoms with van der Waals surface area (Å²) in [5.41, 5.74) is 3.01. The van der Waals surface area contributed by atoms with E-state index < -0.39 is 0 Å². The van der Waals surface area contributed by atoms with E-state index in [0.29, 0.717) is 25.1 Å². The highest BCUT2D eigenvalue weighted by Crippen LogP contribution is 2.32. The first-order valence-electron chi connectivity index (χ1n) is 13.8. The Bertz CT molecular complexity index is 1020. The number of amides is 2. The standard InChI is InChI=1S/C30H39N3O3/c34-29-15-12-24-8-2-3-9-28(24)33(29)26-16-21-32(22-17-26)30(35)25-10-13-27(14-11-25)36-23-7-1-4-18-31-19-5-6-20-31/h2-3,8-11,13-14,26H,1,4-7,12,15-23H2. The number of nitrogens with zero attached hydrogens (tertiary/aromatic N) is 3. The molecule has 2 fully saturated rings. The van der Waals surface area contributed by atoms with E-state index in [1.165, 1.54) is 50.9 Å². The molecule has 0 bridgehead atoms. The maximum absolute atomic E-state index is 13.1. The number of piperidine rings is 1. The second-order valence-electron chi connectivity index (χ2n) is 10.4. The number of carbonyl (C=O) groups is 2. The van der Waals surface area contributed by atoms with Crippen molar-refractivity contribution in [2.45, 2.75) is 63.8 Å². The molecule has 36 heavy (non-hydrogen) atoms. The molecule has 2 aromatic carbocycles. The molecule has 6 nitrogen and oxygen atoms in total. The van der Waals surface area contributed by atoms with Crippen LogP contribution in [-0.4, -0.2) is 67.0 Å². The van der Waals surface area contributed by atoms with Crippen molar-refractivity contribution in [2.75, 3.05) is 44.2 Å². The van der Waals surface area contributed by atoms with Gasteiger partial charge in [-0.1, -0.05) is 18.2 Å². The molecule has 3 aliphatic heterocycles. The fourth-order valence-electron chi connectivity index (χ4n) is 5.87. The molecule has 6 heteroatoms. The van der Waals surface area contributed by atoms with Crippen LogP contribution in [0.15, 0.2) is 48.5 Å². The number of hydrogen-bond acceptors (Lipinski definition) is 4. The quantitative estimate of drug-likeness (QED) is 0.470. The largest absolute Gasteiger partial charge is 0.494 e. The molecule has 192 valence electrons. The van der Waals surface area contributed by atoms with Crippen molar-refractivity contribution in [3.8, 4) is 5.75 Å². The zero-order valence-electron chi connectivity index (χ0n) is 21.4. The normalized spacial score (nSPS) is 18.9. The Hall–Kier alpha value is -2.86. The van der Waals surface area contributed by atoms with Crippen LogP contribution >= 0.6 is 0 Å². The molecule has 2 saturated heterocycles. The predicted molar refractivity (Wildman–Crippen MR) is 143 cm³/mol. The summed E-state index contributed by atoms with van der Waals surface area (Å²) >= 11 is 0. The van der Waals surface area contributed by atoms with Gasteiger partial charge in [0.25, 0.3) is 5.91 Å². The van der Waals surface area contributed by atoms with Gasteiger partial charge in [0.05, 0.1) is 6.61 Å². The number of benzene rings is 2. The lowest BCUT2D eigenvalue weighted by atomic mass is 9.95. The molecule has 0 aromatic heterocycles. The number of ether oxygens (including phenoxy) is 1. The van der Waals surface area contributed by atoms with E-state index in [1.54, 1.807) is 0 Å². The number of carbonyl (C=O) groups excluding carboxylic acids is 2. The third-order valence-corrected chi connectivity index (χ3v) is 7.93. The van der Waals surface area contributed by atoms with Gasteiger partial charge < -0.3 is 19.4 Å². The van der Waals surface area contributed by atoms with Gasteiger partial charge in [-0.3, -0.25) is 9.59 Å². The molecule has 3 aliphatic rings. The van der Waals surface area contributed by atoms with Crippen molar-refractivity contribution in [1.82, 2.24) is 9.80 Å². The average molecular weight is 490 g/mol. The molecule has 0 saturated carbocycles. The summed E-state index contributed by atoms with van der Waals surface area (Å²) in [7, 11) is 0. The number of rotatable bonds is 9. The SMILES string of the molecule is O=C(c1ccc(OCCCCCN2CCCC2)cc1)N1CCC(N2C(=O)CCc3ccccc32)CC1. The molecule has 2 aromatic rings. The number of unbranched alkanes of at least 4 members (excludes halogenated alkanes) is 2. The maximum atomic E-state index is 13.1. The third kappa shape index (κ3) is 5.92. The smallest absolute Gasteiger partial charge is 0.253 e. The van der Waals surface area contributed by atoms with Crippen LogP contribution in [0.2, 0.25) is 0 Å². The summed E-state index contributed by atoms with van der Waals surface area (Å²) in [6.45, 7) is 5.82. The van der Waals surface area contributed by atoms with Crippen molar-refractivity contribution in [3.05, 3.63) is 59.7 Å². The van der Waals surface area contributed by atoms with E-state index in [1.807, 2.05) is 46.2 Å². The Morgan fingerprint density at radius 2 is 1.61 bits per heavy atom. The zero-order valence-corrected chi connectivity index (χ0v) is 21.4. The van der Waals surface area contributed by atoms with Crippen molar-refractivity contribution < 1.29 is 14.3 Å². The fourth-order valence-corrected chi connectivity index (χ4v) is 5.87. The summed E-state index contributed by atoms with van der Waals surface area (Å²) in [5, 5.41) is 0. The topological polar surface area (TPSA) is 53.1 Å². The summed E-state index contributed by atoms with van der Waals surface area (Å²) in [6, 6.07) is 16.0. The molecular formula is C30H39N3O3. The first-order chi connectivity index (χ1) is 17.7. The van der Waals surface area contributed by atoms with Gasteiger partial charge in [0, 0.05) is 36.8 Å². The van der Waals surface area contributed by atoms with Crippen LogP contribution in [0, 0.1) is 0 Å². The first-order valence-corrected chi connectivity index (χ1v) is 13.8. The van der Waals surface area contributed by atoms with E-state index in [9.17, 15) is 9.59 Å². The van der Waals surface area contributed by atoms with E-state index in [4.69, 9.17) is 4.74 Å². The lowest BCUT2D eigenvalue weighted by Crippen LogP contribution is -2.50. The average Bonchev–Trinajstić information content (AvgIpc) is 3.44. The van der Waals surface area contributed by atoms with Crippen LogP contribution in [0.1, 0.15) is 67.3 Å². The lowest BCUT2D eigenvalue weighted by Gasteiger charge is -2.41. The minimum atomic E-state index is 0.0623. The van der Waals surface area contributed by atoms with Crippen LogP contribution in [0.4, 0.5) is 5.69 Å². The number of anilines is 1. The highest BCUT2D eigenvalue weighted by molar-refractivity contribution is 5.97. The van der Waals surface area contributed by atoms with Crippen molar-refractivity contribution in [2.24, 2.45) is 0 Å². The molecule has 5 rings (SSSR count). The van der Waals surface area contributed by atoms with E-state index in [2.05, 4.69) is 17.0 Å². The van der Waals surface area contributed by atoms with Crippen molar-refractivity contribution in [1.29, 1.82) is 0 Å². The first kappa shape index (κ1) is 24.8. The number of likely N-dealkylation sites (tertiary alicyclic amines) is 2. The molecule has 0 unspecified atom stereocenters. The Kier molecular flexibility index (Phi) is 8.22. The van der Waals surface area contributed by atoms with Crippen molar-refractivity contribution >= 4 is 17.5 Å². The predicted octanol–water partition coefficient (Wildman–Crippen LogP) is 4.92. The second-order valence-corrected chi connectivity index (χ2v) is 10.4. The lowest BCUT2D eigenvalue weighted by molar-refractivity contribution is -0.119. The summed E-state index contributed by atoms with van der Waals surface area (Å²) < 4.78 is 5.90. The minimum Gasteiger partial charge on any atom is -0.494 e. The third-order valence-electron chi connectivity index (χ3n) is 7.93. The highest BCUT2D eigenvalue weighted by Gasteiger charge is 2.33. The minimum absolute atomic E-state index is 0.0623. The number of aryl methyl sites for hydroxylation is 1. The van der Waals surface area contributed by atoms with Gasteiger partial charge in [-0.25, -0.2) is 0 Å². The number of para-hydroxylation sites is 1. The van der Waals surface area contributed by atoms with Crippen molar-refractivity contribution in [3.63, 3.8) is 0 Å². The van der Waals surface area contributed by atoms with Crippen LogP contribution in [0.3, 0.4) is 0 Å². The molecule has 3 heterocycles. The van der Waals surface area contributed by atoms with Gasteiger partial charge in [-0.15, -0.1) is 0 Å². The Balaban J connectivity index is 1.06. The van der Waals surface area contributed by atoms with Gasteiger partial charge in [0.1, 0.15) is 5.75 Å². The highest BCUT2D eigenvalue weighted by atomic mass is 16.5. The molecule has 2 amide bonds. The molecule has 0 spiro atoms. The van der Waals surface area contributed by atoms with Crippen LogP contribution in [0.25, 0.3) is 0 Å². The van der Waals surface area contributed by atoms with E-state index in [-0.39, 0.29) is 17.9 Å². The van der Waals surface area contributed by atoms with E-state index >= 15 is 0 Å². The molecule has 0 aliphatic carbocycles. The maximum Gasteiger partial charge on any atom is 0.253 e. The Morgan fingerprint density at radius 3 is 2.39 bits per heavy atom. The Labute approximate surface area is 215 Å². The summed E-state index contributed by atoms with van der Waals surface area (Å²) in [6.07, 6.45) is 9.22. The van der Waals surface area contributed by atoms with Crippen LogP contribution in [-0.2, 0) is 11.2 Å². The van der Waals surface area contributed by atoms with Crippen LogP contribution < -0.4 is 9.64 Å². The van der Waals surface area contributed by atoms with Gasteiger partial charge in [-0.05, 0) is 107 Å². The van der Waals surface area contributed by atoms with Gasteiger partial charge in [0.2, 0.25) is 5.91 Å². The zero-order chi connectivity index (χ0) is 24.7. The van der Waals surface area contributed by atoms with Gasteiger partial charge in [0.15, 0.2) is 0 Å². The van der Waals surface area contributed by atoms with Gasteiger partial charge in [-0.2, -0.15) is 0 Å². The summed E-state index contributed by atoms with van der Waals surface area (Å²) in [4.78, 5) is 32.3. The van der Waals surface area contributed by atoms with Crippen LogP contribution in [0.5, 0.6) is 5.75 Å². The Morgan fingerprint density at radius 1 is 0.861 bits per heavy atom. The van der Waals surface area contributed by atoms with E-state index in [0.717, 1.165) is 43.7 Å². The monoisotopic (exact) mass is 489 g/mol. The molecule has 0 radical (unpaired) electrons. The molecular weight excluding hydrogens is 450 g/mol. The molecule has 0 atom stereocenters. The number of hydrogen-bond donors (Lipinski definition) is 0.